The van der Waals surface area contributed by atoms with E-state index in [0.717, 1.165) is 40.8 Å². The number of aromatic nitrogens is 1. The number of halogens is 1. The van der Waals surface area contributed by atoms with Crippen LogP contribution in [-0.2, 0) is 0 Å². The molecule has 0 aliphatic carbocycles. The summed E-state index contributed by atoms with van der Waals surface area (Å²) in [5.74, 6) is 0.116. The van der Waals surface area contributed by atoms with E-state index in [0.29, 0.717) is 0 Å². The highest BCUT2D eigenvalue weighted by Gasteiger charge is 2.27. The third-order valence-corrected chi connectivity index (χ3v) is 5.54. The molecule has 2 heterocycles. The van der Waals surface area contributed by atoms with Gasteiger partial charge in [-0.05, 0) is 33.3 Å². The lowest BCUT2D eigenvalue weighted by molar-refractivity contribution is 0.0660. The van der Waals surface area contributed by atoms with Gasteiger partial charge in [0.2, 0.25) is 0 Å². The van der Waals surface area contributed by atoms with Crippen molar-refractivity contribution in [1.29, 1.82) is 0 Å². The summed E-state index contributed by atoms with van der Waals surface area (Å²) in [6.45, 7) is 10.7. The van der Waals surface area contributed by atoms with Crippen molar-refractivity contribution in [2.75, 3.05) is 19.6 Å². The molecule has 0 radical (unpaired) electrons. The van der Waals surface area contributed by atoms with Gasteiger partial charge in [-0.3, -0.25) is 4.79 Å². The zero-order valence-electron chi connectivity index (χ0n) is 14.5. The minimum atomic E-state index is 0. The number of hydrogen-bond acceptors (Lipinski definition) is 4. The highest BCUT2D eigenvalue weighted by molar-refractivity contribution is 7.17. The maximum atomic E-state index is 12.9. The Morgan fingerprint density at radius 2 is 2.08 bits per heavy atom. The van der Waals surface area contributed by atoms with E-state index in [1.807, 2.05) is 11.8 Å². The van der Waals surface area contributed by atoms with Gasteiger partial charge in [0.15, 0.2) is 0 Å². The second-order valence-corrected chi connectivity index (χ2v) is 7.30. The smallest absolute Gasteiger partial charge is 0.266 e. The number of carbonyl (C=O) groups is 1. The van der Waals surface area contributed by atoms with E-state index >= 15 is 0 Å². The topological polar surface area (TPSA) is 45.2 Å². The number of nitrogens with one attached hydrogen (secondary N) is 1. The highest BCUT2D eigenvalue weighted by Crippen LogP contribution is 2.31. The van der Waals surface area contributed by atoms with Gasteiger partial charge in [0.1, 0.15) is 9.88 Å². The number of hydrogen-bond donors (Lipinski definition) is 1. The average molecular weight is 366 g/mol. The molecule has 6 heteroatoms. The molecule has 0 spiro atoms. The van der Waals surface area contributed by atoms with E-state index in [1.165, 1.54) is 22.5 Å². The fourth-order valence-corrected chi connectivity index (χ4v) is 4.15. The lowest BCUT2D eigenvalue weighted by atomic mass is 10.1. The molecule has 1 aromatic heterocycles. The van der Waals surface area contributed by atoms with E-state index in [-0.39, 0.29) is 24.4 Å². The summed E-state index contributed by atoms with van der Waals surface area (Å²) in [6, 6.07) is 6.58. The number of benzene rings is 1. The van der Waals surface area contributed by atoms with Crippen LogP contribution in [0.2, 0.25) is 0 Å². The van der Waals surface area contributed by atoms with Gasteiger partial charge in [-0.2, -0.15) is 0 Å². The van der Waals surface area contributed by atoms with Crippen LogP contribution in [0.3, 0.4) is 0 Å². The van der Waals surface area contributed by atoms with Crippen molar-refractivity contribution >= 4 is 29.7 Å². The van der Waals surface area contributed by atoms with Crippen LogP contribution < -0.4 is 5.32 Å². The van der Waals surface area contributed by atoms with Gasteiger partial charge in [-0.1, -0.05) is 23.8 Å². The molecular weight excluding hydrogens is 342 g/mol. The molecule has 1 aromatic carbocycles. The Bertz CT molecular complexity index is 744. The van der Waals surface area contributed by atoms with Crippen LogP contribution in [0.15, 0.2) is 18.2 Å². The SMILES string of the molecule is Cc1ccc(-c2nc(C)c(C(=O)N3CCNC[C@H]3C)s2)c(C)c1.Cl. The molecule has 1 N–H and O–H groups in total. The largest absolute Gasteiger partial charge is 0.333 e. The molecule has 1 amide bonds. The van der Waals surface area contributed by atoms with E-state index in [1.54, 1.807) is 0 Å². The number of nitrogens with zero attached hydrogens (tertiary/aromatic N) is 2. The van der Waals surface area contributed by atoms with Crippen molar-refractivity contribution in [2.24, 2.45) is 0 Å². The maximum absolute atomic E-state index is 12.9. The molecule has 4 nitrogen and oxygen atoms in total. The molecule has 0 saturated carbocycles. The first-order valence-corrected chi connectivity index (χ1v) is 8.85. The summed E-state index contributed by atoms with van der Waals surface area (Å²) >= 11 is 1.51. The first-order valence-electron chi connectivity index (χ1n) is 8.04. The zero-order valence-corrected chi connectivity index (χ0v) is 16.2. The summed E-state index contributed by atoms with van der Waals surface area (Å²) in [5.41, 5.74) is 4.40. The molecular formula is C18H24ClN3OS. The van der Waals surface area contributed by atoms with Gasteiger partial charge in [0.25, 0.3) is 5.91 Å². The fourth-order valence-electron chi connectivity index (χ4n) is 3.04. The molecule has 1 atom stereocenters. The van der Waals surface area contributed by atoms with Gasteiger partial charge in [-0.25, -0.2) is 4.98 Å². The van der Waals surface area contributed by atoms with E-state index < -0.39 is 0 Å². The predicted octanol–water partition coefficient (Wildman–Crippen LogP) is 3.59. The first-order chi connectivity index (χ1) is 11.0. The number of rotatable bonds is 2. The second-order valence-electron chi connectivity index (χ2n) is 6.30. The van der Waals surface area contributed by atoms with Crippen molar-refractivity contribution in [3.8, 4) is 10.6 Å². The van der Waals surface area contributed by atoms with Gasteiger partial charge in [-0.15, -0.1) is 23.7 Å². The Hall–Kier alpha value is -1.43. The van der Waals surface area contributed by atoms with Gasteiger partial charge >= 0.3 is 0 Å². The molecule has 1 aliphatic heterocycles. The minimum Gasteiger partial charge on any atom is -0.333 e. The quantitative estimate of drug-likeness (QED) is 0.884. The molecule has 0 unspecified atom stereocenters. The van der Waals surface area contributed by atoms with Crippen LogP contribution in [0.1, 0.15) is 33.4 Å². The lowest BCUT2D eigenvalue weighted by Gasteiger charge is -2.33. The van der Waals surface area contributed by atoms with Gasteiger partial charge < -0.3 is 10.2 Å². The van der Waals surface area contributed by atoms with Gasteiger partial charge in [0, 0.05) is 31.2 Å². The second kappa shape index (κ2) is 7.64. The number of amides is 1. The normalized spacial score (nSPS) is 17.5. The Balaban J connectivity index is 0.00000208. The number of aryl methyl sites for hydroxylation is 3. The molecule has 1 saturated heterocycles. The molecule has 1 fully saturated rings. The van der Waals surface area contributed by atoms with Gasteiger partial charge in [0.05, 0.1) is 5.69 Å². The summed E-state index contributed by atoms with van der Waals surface area (Å²) < 4.78 is 0. The Labute approximate surface area is 153 Å². The first kappa shape index (κ1) is 18.9. The van der Waals surface area contributed by atoms with Crippen LogP contribution in [0.5, 0.6) is 0 Å². The van der Waals surface area contributed by atoms with Crippen molar-refractivity contribution in [1.82, 2.24) is 15.2 Å². The number of carbonyl (C=O) groups excluding carboxylic acids is 1. The van der Waals surface area contributed by atoms with Crippen LogP contribution in [0, 0.1) is 20.8 Å². The van der Waals surface area contributed by atoms with Crippen molar-refractivity contribution in [3.05, 3.63) is 39.9 Å². The zero-order chi connectivity index (χ0) is 16.6. The third-order valence-electron chi connectivity index (χ3n) is 4.37. The predicted molar refractivity (Wildman–Crippen MR) is 102 cm³/mol. The van der Waals surface area contributed by atoms with Crippen molar-refractivity contribution < 1.29 is 4.79 Å². The standard InChI is InChI=1S/C18H23N3OS.ClH/c1-11-5-6-15(12(2)9-11)17-20-14(4)16(23-17)18(22)21-8-7-19-10-13(21)3;/h5-6,9,13,19H,7-8,10H2,1-4H3;1H/t13-;/m1./s1. The van der Waals surface area contributed by atoms with E-state index in [2.05, 4.69) is 49.3 Å². The van der Waals surface area contributed by atoms with E-state index in [9.17, 15) is 4.79 Å². The molecule has 1 aliphatic rings. The summed E-state index contributed by atoms with van der Waals surface area (Å²) in [7, 11) is 0. The fraction of sp³-hybridized carbons (Fsp3) is 0.444. The van der Waals surface area contributed by atoms with Crippen molar-refractivity contribution in [3.63, 3.8) is 0 Å². The number of thiazole rings is 1. The van der Waals surface area contributed by atoms with Crippen LogP contribution in [-0.4, -0.2) is 41.5 Å². The summed E-state index contributed by atoms with van der Waals surface area (Å²) in [6.07, 6.45) is 0. The lowest BCUT2D eigenvalue weighted by Crippen LogP contribution is -2.52. The monoisotopic (exact) mass is 365 g/mol. The molecule has 130 valence electrons. The van der Waals surface area contributed by atoms with Crippen LogP contribution in [0.4, 0.5) is 0 Å². The molecule has 2 aromatic rings. The molecule has 0 bridgehead atoms. The van der Waals surface area contributed by atoms with Crippen LogP contribution in [0.25, 0.3) is 10.6 Å². The molecule has 3 rings (SSSR count). The van der Waals surface area contributed by atoms with E-state index in [4.69, 9.17) is 0 Å². The Morgan fingerprint density at radius 1 is 1.33 bits per heavy atom. The Morgan fingerprint density at radius 3 is 2.75 bits per heavy atom. The van der Waals surface area contributed by atoms with Crippen molar-refractivity contribution in [2.45, 2.75) is 33.7 Å². The summed E-state index contributed by atoms with van der Waals surface area (Å²) in [4.78, 5) is 20.3. The minimum absolute atomic E-state index is 0. The summed E-state index contributed by atoms with van der Waals surface area (Å²) in [5, 5.41) is 4.26. The molecule has 24 heavy (non-hydrogen) atoms. The Kier molecular flexibility index (Phi) is 6.01. The third kappa shape index (κ3) is 3.63. The number of piperazine rings is 1. The maximum Gasteiger partial charge on any atom is 0.266 e. The highest BCUT2D eigenvalue weighted by atomic mass is 35.5. The average Bonchev–Trinajstić information content (AvgIpc) is 2.88. The van der Waals surface area contributed by atoms with Crippen LogP contribution >= 0.6 is 23.7 Å².